The summed E-state index contributed by atoms with van der Waals surface area (Å²) in [5.74, 6) is -0.254. The normalized spacial score (nSPS) is 11.4. The molecule has 0 bridgehead atoms. The highest BCUT2D eigenvalue weighted by Gasteiger charge is 2.15. The SMILES string of the molecule is Oc1c(O)c2ccoc2c2[nH]ccc12. The van der Waals surface area contributed by atoms with Crippen LogP contribution in [0.25, 0.3) is 21.9 Å². The Morgan fingerprint density at radius 2 is 1.86 bits per heavy atom. The average Bonchev–Trinajstić information content (AvgIpc) is 2.80. The van der Waals surface area contributed by atoms with Crippen molar-refractivity contribution in [1.82, 2.24) is 4.98 Å². The first kappa shape index (κ1) is 7.32. The van der Waals surface area contributed by atoms with Crippen molar-refractivity contribution in [1.29, 1.82) is 0 Å². The molecule has 0 fully saturated rings. The molecule has 0 radical (unpaired) electrons. The van der Waals surface area contributed by atoms with E-state index in [4.69, 9.17) is 4.42 Å². The van der Waals surface area contributed by atoms with Gasteiger partial charge in [0.05, 0.1) is 17.2 Å². The van der Waals surface area contributed by atoms with Gasteiger partial charge in [0.15, 0.2) is 17.1 Å². The Bertz CT molecular complexity index is 565. The van der Waals surface area contributed by atoms with Gasteiger partial charge in [-0.3, -0.25) is 0 Å². The summed E-state index contributed by atoms with van der Waals surface area (Å²) in [4.78, 5) is 2.95. The number of fused-ring (bicyclic) bond motifs is 3. The third kappa shape index (κ3) is 0.682. The van der Waals surface area contributed by atoms with E-state index in [1.165, 1.54) is 6.26 Å². The summed E-state index contributed by atoms with van der Waals surface area (Å²) >= 11 is 0. The van der Waals surface area contributed by atoms with Crippen LogP contribution in [-0.4, -0.2) is 15.2 Å². The molecular weight excluding hydrogens is 182 g/mol. The number of aromatic hydroxyl groups is 2. The predicted molar refractivity (Wildman–Crippen MR) is 51.4 cm³/mol. The molecule has 70 valence electrons. The van der Waals surface area contributed by atoms with Crippen molar-refractivity contribution in [2.24, 2.45) is 0 Å². The first-order valence-electron chi connectivity index (χ1n) is 4.17. The van der Waals surface area contributed by atoms with Gasteiger partial charge in [0, 0.05) is 11.6 Å². The summed E-state index contributed by atoms with van der Waals surface area (Å²) in [5, 5.41) is 20.4. The van der Waals surface area contributed by atoms with Crippen LogP contribution in [0.2, 0.25) is 0 Å². The van der Waals surface area contributed by atoms with Crippen LogP contribution < -0.4 is 0 Å². The Morgan fingerprint density at radius 3 is 2.71 bits per heavy atom. The highest BCUT2D eigenvalue weighted by Crippen LogP contribution is 2.41. The maximum atomic E-state index is 9.65. The second-order valence-corrected chi connectivity index (χ2v) is 3.13. The van der Waals surface area contributed by atoms with E-state index in [0.29, 0.717) is 21.9 Å². The van der Waals surface area contributed by atoms with Gasteiger partial charge in [0.25, 0.3) is 0 Å². The second kappa shape index (κ2) is 2.23. The van der Waals surface area contributed by atoms with Crippen LogP contribution in [0.1, 0.15) is 0 Å². The Morgan fingerprint density at radius 1 is 1.07 bits per heavy atom. The maximum absolute atomic E-state index is 9.65. The first-order chi connectivity index (χ1) is 6.79. The zero-order valence-corrected chi connectivity index (χ0v) is 7.11. The van der Waals surface area contributed by atoms with E-state index in [1.807, 2.05) is 0 Å². The van der Waals surface area contributed by atoms with Gasteiger partial charge >= 0.3 is 0 Å². The Kier molecular flexibility index (Phi) is 1.16. The van der Waals surface area contributed by atoms with Gasteiger partial charge in [0.2, 0.25) is 0 Å². The Labute approximate surface area is 78.4 Å². The molecule has 4 heteroatoms. The van der Waals surface area contributed by atoms with E-state index in [2.05, 4.69) is 4.98 Å². The van der Waals surface area contributed by atoms with Gasteiger partial charge in [-0.05, 0) is 12.1 Å². The Balaban J connectivity index is 2.73. The number of H-pyrrole nitrogens is 1. The van der Waals surface area contributed by atoms with Crippen LogP contribution in [-0.2, 0) is 0 Å². The zero-order valence-electron chi connectivity index (χ0n) is 7.11. The molecular formula is C10H7NO3. The lowest BCUT2D eigenvalue weighted by Gasteiger charge is -2.00. The van der Waals surface area contributed by atoms with Crippen LogP contribution >= 0.6 is 0 Å². The van der Waals surface area contributed by atoms with Crippen molar-refractivity contribution in [2.45, 2.75) is 0 Å². The van der Waals surface area contributed by atoms with E-state index in [0.717, 1.165) is 0 Å². The number of benzene rings is 1. The number of hydrogen-bond donors (Lipinski definition) is 3. The summed E-state index contributed by atoms with van der Waals surface area (Å²) in [6.07, 6.45) is 3.16. The van der Waals surface area contributed by atoms with Crippen molar-refractivity contribution in [2.75, 3.05) is 0 Å². The van der Waals surface area contributed by atoms with Crippen molar-refractivity contribution in [3.8, 4) is 11.5 Å². The lowest BCUT2D eigenvalue weighted by Crippen LogP contribution is -1.74. The highest BCUT2D eigenvalue weighted by molar-refractivity contribution is 6.09. The van der Waals surface area contributed by atoms with Crippen LogP contribution in [0, 0.1) is 0 Å². The number of phenols is 2. The molecule has 3 N–H and O–H groups in total. The summed E-state index contributed by atoms with van der Waals surface area (Å²) < 4.78 is 5.22. The fourth-order valence-corrected chi connectivity index (χ4v) is 1.70. The predicted octanol–water partition coefficient (Wildman–Crippen LogP) is 2.33. The summed E-state index contributed by atoms with van der Waals surface area (Å²) in [6, 6.07) is 3.30. The number of hydrogen-bond acceptors (Lipinski definition) is 3. The molecule has 0 atom stereocenters. The second-order valence-electron chi connectivity index (χ2n) is 3.13. The van der Waals surface area contributed by atoms with Gasteiger partial charge in [-0.2, -0.15) is 0 Å². The summed E-state index contributed by atoms with van der Waals surface area (Å²) in [6.45, 7) is 0. The molecule has 0 aliphatic heterocycles. The van der Waals surface area contributed by atoms with E-state index < -0.39 is 0 Å². The zero-order chi connectivity index (χ0) is 9.71. The molecule has 3 aromatic rings. The molecule has 0 unspecified atom stereocenters. The van der Waals surface area contributed by atoms with E-state index >= 15 is 0 Å². The number of aromatic nitrogens is 1. The third-order valence-corrected chi connectivity index (χ3v) is 2.37. The molecule has 0 saturated heterocycles. The number of aromatic amines is 1. The standard InChI is InChI=1S/C10H7NO3/c12-8-5-1-3-11-7(5)10-6(9(8)13)2-4-14-10/h1-4,11-13H. The number of furan rings is 1. The maximum Gasteiger partial charge on any atom is 0.169 e. The third-order valence-electron chi connectivity index (χ3n) is 2.37. The van der Waals surface area contributed by atoms with E-state index in [1.54, 1.807) is 18.3 Å². The van der Waals surface area contributed by atoms with Crippen LogP contribution in [0.3, 0.4) is 0 Å². The molecule has 0 aliphatic rings. The van der Waals surface area contributed by atoms with Crippen LogP contribution in [0.15, 0.2) is 29.0 Å². The largest absolute Gasteiger partial charge is 0.504 e. The van der Waals surface area contributed by atoms with E-state index in [-0.39, 0.29) is 11.5 Å². The smallest absolute Gasteiger partial charge is 0.169 e. The minimum Gasteiger partial charge on any atom is -0.504 e. The molecule has 2 aromatic heterocycles. The molecule has 3 rings (SSSR count). The van der Waals surface area contributed by atoms with E-state index in [9.17, 15) is 10.2 Å². The molecule has 1 aromatic carbocycles. The quantitative estimate of drug-likeness (QED) is 0.475. The van der Waals surface area contributed by atoms with Crippen LogP contribution in [0.4, 0.5) is 0 Å². The van der Waals surface area contributed by atoms with Crippen molar-refractivity contribution >= 4 is 21.9 Å². The molecule has 0 amide bonds. The lowest BCUT2D eigenvalue weighted by atomic mass is 10.1. The molecule has 0 aliphatic carbocycles. The monoisotopic (exact) mass is 189 g/mol. The minimum absolute atomic E-state index is 0.116. The lowest BCUT2D eigenvalue weighted by molar-refractivity contribution is 0.412. The number of rotatable bonds is 0. The Hall–Kier alpha value is -2.10. The van der Waals surface area contributed by atoms with Gasteiger partial charge in [-0.15, -0.1) is 0 Å². The molecule has 4 nitrogen and oxygen atoms in total. The van der Waals surface area contributed by atoms with Crippen molar-refractivity contribution < 1.29 is 14.6 Å². The fourth-order valence-electron chi connectivity index (χ4n) is 1.70. The summed E-state index contributed by atoms with van der Waals surface area (Å²) in [7, 11) is 0. The highest BCUT2D eigenvalue weighted by atomic mass is 16.3. The van der Waals surface area contributed by atoms with Crippen LogP contribution in [0.5, 0.6) is 11.5 Å². The minimum atomic E-state index is -0.138. The van der Waals surface area contributed by atoms with Gasteiger partial charge in [-0.1, -0.05) is 0 Å². The van der Waals surface area contributed by atoms with Gasteiger partial charge in [0.1, 0.15) is 0 Å². The number of phenolic OH excluding ortho intramolecular Hbond substituents is 2. The van der Waals surface area contributed by atoms with Crippen molar-refractivity contribution in [3.63, 3.8) is 0 Å². The fraction of sp³-hybridized carbons (Fsp3) is 0. The average molecular weight is 189 g/mol. The summed E-state index contributed by atoms with van der Waals surface area (Å²) in [5.41, 5.74) is 1.25. The topological polar surface area (TPSA) is 69.4 Å². The molecule has 0 saturated carbocycles. The first-order valence-corrected chi connectivity index (χ1v) is 4.17. The van der Waals surface area contributed by atoms with Crippen molar-refractivity contribution in [3.05, 3.63) is 24.6 Å². The molecule has 0 spiro atoms. The molecule has 2 heterocycles. The van der Waals surface area contributed by atoms with Gasteiger partial charge in [-0.25, -0.2) is 0 Å². The number of nitrogens with one attached hydrogen (secondary N) is 1. The molecule has 14 heavy (non-hydrogen) atoms. The van der Waals surface area contributed by atoms with Gasteiger partial charge < -0.3 is 19.6 Å².